The highest BCUT2D eigenvalue weighted by Crippen LogP contribution is 2.24. The van der Waals surface area contributed by atoms with Crippen molar-refractivity contribution in [1.82, 2.24) is 9.88 Å². The van der Waals surface area contributed by atoms with Crippen molar-refractivity contribution in [2.45, 2.75) is 31.3 Å². The third-order valence-electron chi connectivity index (χ3n) is 4.47. The van der Waals surface area contributed by atoms with Gasteiger partial charge in [0, 0.05) is 42.3 Å². The summed E-state index contributed by atoms with van der Waals surface area (Å²) in [7, 11) is -3.00. The molecule has 0 aliphatic carbocycles. The van der Waals surface area contributed by atoms with Gasteiger partial charge >= 0.3 is 0 Å². The minimum atomic E-state index is -3.00. The molecule has 0 spiro atoms. The maximum absolute atomic E-state index is 12.4. The highest BCUT2D eigenvalue weighted by Gasteiger charge is 2.29. The van der Waals surface area contributed by atoms with Gasteiger partial charge in [-0.25, -0.2) is 8.42 Å². The van der Waals surface area contributed by atoms with Crippen LogP contribution in [0.3, 0.4) is 0 Å². The smallest absolute Gasteiger partial charge is 0.220 e. The molecule has 134 valence electrons. The lowest BCUT2D eigenvalue weighted by atomic mass is 9.95. The molecule has 1 aliphatic heterocycles. The van der Waals surface area contributed by atoms with E-state index in [1.54, 1.807) is 0 Å². The average Bonchev–Trinajstić information content (AvgIpc) is 3.17. The molecular weight excluding hydrogens is 360 g/mol. The molecule has 1 aliphatic rings. The summed E-state index contributed by atoms with van der Waals surface area (Å²) in [4.78, 5) is 12.4. The van der Waals surface area contributed by atoms with Crippen molar-refractivity contribution in [2.75, 3.05) is 11.5 Å². The van der Waals surface area contributed by atoms with Gasteiger partial charge in [0.25, 0.3) is 0 Å². The lowest BCUT2D eigenvalue weighted by Gasteiger charge is -2.19. The van der Waals surface area contributed by atoms with Crippen LogP contribution < -0.4 is 5.32 Å². The Morgan fingerprint density at radius 1 is 1.24 bits per heavy atom. The predicted octanol–water partition coefficient (Wildman–Crippen LogP) is 2.62. The number of aromatic nitrogens is 1. The van der Waals surface area contributed by atoms with Gasteiger partial charge in [-0.1, -0.05) is 23.7 Å². The van der Waals surface area contributed by atoms with Crippen LogP contribution in [0.15, 0.2) is 48.8 Å². The lowest BCUT2D eigenvalue weighted by molar-refractivity contribution is -0.122. The molecule has 7 heteroatoms. The van der Waals surface area contributed by atoms with Gasteiger partial charge in [-0.15, -0.1) is 0 Å². The molecule has 1 fully saturated rings. The largest absolute Gasteiger partial charge is 0.354 e. The van der Waals surface area contributed by atoms with E-state index in [-0.39, 0.29) is 29.4 Å². The Labute approximate surface area is 152 Å². The molecule has 0 bridgehead atoms. The molecule has 0 unspecified atom stereocenters. The average molecular weight is 381 g/mol. The number of carbonyl (C=O) groups is 1. The van der Waals surface area contributed by atoms with E-state index in [0.29, 0.717) is 24.4 Å². The fourth-order valence-corrected chi connectivity index (χ4v) is 4.99. The number of amides is 1. The molecule has 1 aromatic carbocycles. The predicted molar refractivity (Wildman–Crippen MR) is 98.4 cm³/mol. The Morgan fingerprint density at radius 3 is 2.52 bits per heavy atom. The monoisotopic (exact) mass is 380 g/mol. The Morgan fingerprint density at radius 2 is 1.92 bits per heavy atom. The zero-order chi connectivity index (χ0) is 17.9. The maximum Gasteiger partial charge on any atom is 0.220 e. The van der Waals surface area contributed by atoms with Crippen molar-refractivity contribution in [3.63, 3.8) is 0 Å². The van der Waals surface area contributed by atoms with Crippen LogP contribution in [0.2, 0.25) is 5.02 Å². The zero-order valence-electron chi connectivity index (χ0n) is 13.8. The molecule has 3 rings (SSSR count). The molecule has 2 heterocycles. The highest BCUT2D eigenvalue weighted by molar-refractivity contribution is 7.91. The third kappa shape index (κ3) is 5.09. The lowest BCUT2D eigenvalue weighted by Crippen LogP contribution is -2.36. The summed E-state index contributed by atoms with van der Waals surface area (Å²) in [6.45, 7) is 0.672. The first-order chi connectivity index (χ1) is 11.9. The van der Waals surface area contributed by atoms with Gasteiger partial charge < -0.3 is 9.88 Å². The minimum Gasteiger partial charge on any atom is -0.354 e. The van der Waals surface area contributed by atoms with E-state index >= 15 is 0 Å². The molecular formula is C18H21ClN2O3S. The van der Waals surface area contributed by atoms with Gasteiger partial charge in [0.2, 0.25) is 5.91 Å². The standard InChI is InChI=1S/C18H21ClN2O3S/c19-16-5-3-14(4-6-16)15(12-21-8-1-2-9-21)11-18(22)20-17-7-10-25(23,24)13-17/h1-6,8-9,15,17H,7,10-13H2,(H,20,22)/t15-,17+/m0/s1. The zero-order valence-corrected chi connectivity index (χ0v) is 15.3. The highest BCUT2D eigenvalue weighted by atomic mass is 35.5. The Balaban J connectivity index is 1.68. The number of hydrogen-bond acceptors (Lipinski definition) is 3. The summed E-state index contributed by atoms with van der Waals surface area (Å²) in [6.07, 6.45) is 4.72. The fourth-order valence-electron chi connectivity index (χ4n) is 3.19. The first kappa shape index (κ1) is 18.0. The van der Waals surface area contributed by atoms with Crippen LogP contribution in [0, 0.1) is 0 Å². The summed E-state index contributed by atoms with van der Waals surface area (Å²) in [5.74, 6) is 0.0704. The summed E-state index contributed by atoms with van der Waals surface area (Å²) in [5.41, 5.74) is 1.03. The van der Waals surface area contributed by atoms with E-state index in [1.165, 1.54) is 0 Å². The van der Waals surface area contributed by atoms with Gasteiger partial charge in [0.05, 0.1) is 11.5 Å². The van der Waals surface area contributed by atoms with E-state index < -0.39 is 9.84 Å². The summed E-state index contributed by atoms with van der Waals surface area (Å²) >= 11 is 5.96. The van der Waals surface area contributed by atoms with Gasteiger partial charge in [0.15, 0.2) is 9.84 Å². The molecule has 25 heavy (non-hydrogen) atoms. The molecule has 5 nitrogen and oxygen atoms in total. The molecule has 2 atom stereocenters. The van der Waals surface area contributed by atoms with Crippen molar-refractivity contribution >= 4 is 27.3 Å². The number of sulfone groups is 1. The molecule has 1 amide bonds. The molecule has 1 N–H and O–H groups in total. The van der Waals surface area contributed by atoms with Gasteiger partial charge in [0.1, 0.15) is 0 Å². The quantitative estimate of drug-likeness (QED) is 0.837. The molecule has 0 radical (unpaired) electrons. The van der Waals surface area contributed by atoms with Crippen LogP contribution in [0.1, 0.15) is 24.3 Å². The topological polar surface area (TPSA) is 68.2 Å². The Bertz CT molecular complexity index is 817. The van der Waals surface area contributed by atoms with Crippen molar-refractivity contribution in [3.8, 4) is 0 Å². The first-order valence-corrected chi connectivity index (χ1v) is 10.5. The molecule has 1 aromatic heterocycles. The van der Waals surface area contributed by atoms with Gasteiger partial charge in [-0.2, -0.15) is 0 Å². The minimum absolute atomic E-state index is 0.0114. The molecule has 1 saturated heterocycles. The SMILES string of the molecule is O=C(C[C@@H](Cn1cccc1)c1ccc(Cl)cc1)N[C@@H]1CCS(=O)(=O)C1. The number of benzene rings is 1. The third-order valence-corrected chi connectivity index (χ3v) is 6.49. The number of halogens is 1. The van der Waals surface area contributed by atoms with E-state index in [0.717, 1.165) is 5.56 Å². The second-order valence-electron chi connectivity index (χ2n) is 6.50. The molecule has 0 saturated carbocycles. The van der Waals surface area contributed by atoms with Crippen LogP contribution in [-0.4, -0.2) is 36.4 Å². The number of nitrogens with zero attached hydrogens (tertiary/aromatic N) is 1. The van der Waals surface area contributed by atoms with Gasteiger partial charge in [-0.05, 0) is 36.2 Å². The van der Waals surface area contributed by atoms with Crippen LogP contribution in [0.25, 0.3) is 0 Å². The molecule has 2 aromatic rings. The van der Waals surface area contributed by atoms with Crippen molar-refractivity contribution < 1.29 is 13.2 Å². The Kier molecular flexibility index (Phi) is 5.49. The van der Waals surface area contributed by atoms with Crippen molar-refractivity contribution in [2.24, 2.45) is 0 Å². The summed E-state index contributed by atoms with van der Waals surface area (Å²) in [6, 6.07) is 11.1. The van der Waals surface area contributed by atoms with E-state index in [4.69, 9.17) is 11.6 Å². The van der Waals surface area contributed by atoms with Crippen LogP contribution in [0.5, 0.6) is 0 Å². The Hall–Kier alpha value is -1.79. The first-order valence-electron chi connectivity index (χ1n) is 8.27. The van der Waals surface area contributed by atoms with Crippen molar-refractivity contribution in [3.05, 3.63) is 59.4 Å². The second-order valence-corrected chi connectivity index (χ2v) is 9.17. The number of nitrogens with one attached hydrogen (secondary N) is 1. The maximum atomic E-state index is 12.4. The second kappa shape index (κ2) is 7.62. The summed E-state index contributed by atoms with van der Waals surface area (Å²) < 4.78 is 25.1. The van der Waals surface area contributed by atoms with E-state index in [1.807, 2.05) is 53.4 Å². The van der Waals surface area contributed by atoms with Crippen molar-refractivity contribution in [1.29, 1.82) is 0 Å². The number of carbonyl (C=O) groups excluding carboxylic acids is 1. The normalized spacial score (nSPS) is 20.3. The van der Waals surface area contributed by atoms with Crippen LogP contribution >= 0.6 is 11.6 Å². The van der Waals surface area contributed by atoms with E-state index in [2.05, 4.69) is 5.32 Å². The number of hydrogen-bond donors (Lipinski definition) is 1. The van der Waals surface area contributed by atoms with Gasteiger partial charge in [-0.3, -0.25) is 4.79 Å². The van der Waals surface area contributed by atoms with Crippen LogP contribution in [0.4, 0.5) is 0 Å². The number of rotatable bonds is 6. The summed E-state index contributed by atoms with van der Waals surface area (Å²) in [5, 5.41) is 3.53. The fraction of sp³-hybridized carbons (Fsp3) is 0.389. The van der Waals surface area contributed by atoms with Crippen LogP contribution in [-0.2, 0) is 21.2 Å². The van der Waals surface area contributed by atoms with E-state index in [9.17, 15) is 13.2 Å².